The number of carboxylic acids is 1. The number of imidazole rings is 1. The number of hydrogen-bond acceptors (Lipinski definition) is 6. The van der Waals surface area contributed by atoms with E-state index in [-0.39, 0.29) is 17.3 Å². The van der Waals surface area contributed by atoms with Crippen molar-refractivity contribution >= 4 is 23.1 Å². The molecule has 1 aromatic carbocycles. The van der Waals surface area contributed by atoms with Crippen LogP contribution in [0.25, 0.3) is 16.8 Å². The normalized spacial score (nSPS) is 22.6. The molecule has 2 heterocycles. The maximum absolute atomic E-state index is 13.1. The van der Waals surface area contributed by atoms with Gasteiger partial charge in [-0.25, -0.2) is 9.97 Å². The highest BCUT2D eigenvalue weighted by molar-refractivity contribution is 6.01. The molecular weight excluding hydrogens is 523 g/mol. The first kappa shape index (κ1) is 29.0. The lowest BCUT2D eigenvalue weighted by Crippen LogP contribution is -2.36. The van der Waals surface area contributed by atoms with Crippen molar-refractivity contribution in [2.24, 2.45) is 17.1 Å². The number of alkyl halides is 3. The minimum atomic E-state index is -4.67. The predicted molar refractivity (Wildman–Crippen MR) is 146 cm³/mol. The number of halogens is 3. The second-order valence-electron chi connectivity index (χ2n) is 11.0. The molecule has 2 aromatic heterocycles. The largest absolute Gasteiger partial charge is 0.481 e. The number of hydrogen-bond donors (Lipinski definition) is 3. The second kappa shape index (κ2) is 10.2. The van der Waals surface area contributed by atoms with E-state index in [4.69, 9.17) is 16.5 Å². The molecule has 0 radical (unpaired) electrons. The maximum atomic E-state index is 13.1. The van der Waals surface area contributed by atoms with Gasteiger partial charge >= 0.3 is 12.1 Å². The van der Waals surface area contributed by atoms with E-state index in [0.29, 0.717) is 54.0 Å². The highest BCUT2D eigenvalue weighted by Gasteiger charge is 2.54. The minimum Gasteiger partial charge on any atom is -0.481 e. The molecule has 1 saturated carbocycles. The summed E-state index contributed by atoms with van der Waals surface area (Å²) in [4.78, 5) is 34.2. The van der Waals surface area contributed by atoms with Crippen LogP contribution in [0, 0.1) is 11.3 Å². The topological polar surface area (TPSA) is 137 Å². The van der Waals surface area contributed by atoms with E-state index in [9.17, 15) is 27.9 Å². The van der Waals surface area contributed by atoms with Gasteiger partial charge in [0.2, 0.25) is 0 Å². The molecule has 0 aliphatic heterocycles. The zero-order chi connectivity index (χ0) is 29.6. The van der Waals surface area contributed by atoms with Crippen LogP contribution in [0.1, 0.15) is 56.2 Å². The molecule has 212 valence electrons. The van der Waals surface area contributed by atoms with Crippen molar-refractivity contribution in [3.63, 3.8) is 0 Å². The second-order valence-corrected chi connectivity index (χ2v) is 11.0. The summed E-state index contributed by atoms with van der Waals surface area (Å²) < 4.78 is 41.0. The SMILES string of the molecule is C=C/C(=C\C(N)C(=O)c1ccc(-c2nc(C3(C)CCC(C(=O)O)(C(C)C)C3)n3ccnc(N)c23)cc1)C(F)(F)F. The molecule has 0 saturated heterocycles. The third-order valence-corrected chi connectivity index (χ3v) is 8.13. The molecule has 0 amide bonds. The van der Waals surface area contributed by atoms with Gasteiger partial charge in [0.05, 0.1) is 17.0 Å². The van der Waals surface area contributed by atoms with E-state index in [1.165, 1.54) is 12.1 Å². The number of aliphatic carboxylic acids is 1. The number of nitrogens with two attached hydrogens (primary N) is 2. The van der Waals surface area contributed by atoms with Crippen molar-refractivity contribution in [2.45, 2.75) is 57.7 Å². The Balaban J connectivity index is 1.73. The van der Waals surface area contributed by atoms with E-state index in [2.05, 4.69) is 11.6 Å². The maximum Gasteiger partial charge on any atom is 0.416 e. The van der Waals surface area contributed by atoms with Crippen molar-refractivity contribution in [1.82, 2.24) is 14.4 Å². The molecule has 4 rings (SSSR count). The Labute approximate surface area is 229 Å². The fourth-order valence-electron chi connectivity index (χ4n) is 5.71. The Hall–Kier alpha value is -3.99. The molecule has 3 atom stereocenters. The lowest BCUT2D eigenvalue weighted by atomic mass is 9.73. The summed E-state index contributed by atoms with van der Waals surface area (Å²) >= 11 is 0. The number of carbonyl (C=O) groups is 2. The van der Waals surface area contributed by atoms with Gasteiger partial charge in [-0.3, -0.25) is 14.0 Å². The van der Waals surface area contributed by atoms with Gasteiger partial charge in [-0.1, -0.05) is 57.7 Å². The summed E-state index contributed by atoms with van der Waals surface area (Å²) in [6.07, 6.45) is 1.39. The van der Waals surface area contributed by atoms with Gasteiger partial charge in [0.1, 0.15) is 22.9 Å². The first-order valence-electron chi connectivity index (χ1n) is 12.8. The van der Waals surface area contributed by atoms with Crippen molar-refractivity contribution in [2.75, 3.05) is 5.73 Å². The van der Waals surface area contributed by atoms with Crippen LogP contribution in [0.15, 0.2) is 61.0 Å². The molecular formula is C29H32F3N5O3. The van der Waals surface area contributed by atoms with Gasteiger partial charge in [-0.05, 0) is 31.3 Å². The minimum absolute atomic E-state index is 0.0748. The highest BCUT2D eigenvalue weighted by Crippen LogP contribution is 2.54. The van der Waals surface area contributed by atoms with E-state index in [0.717, 1.165) is 0 Å². The molecule has 3 unspecified atom stereocenters. The molecule has 3 aromatic rings. The van der Waals surface area contributed by atoms with Crippen molar-refractivity contribution in [1.29, 1.82) is 0 Å². The number of aromatic nitrogens is 3. The number of nitrogens with zero attached hydrogens (tertiary/aromatic N) is 3. The molecule has 8 nitrogen and oxygen atoms in total. The average Bonchev–Trinajstić information content (AvgIpc) is 3.47. The van der Waals surface area contributed by atoms with Gasteiger partial charge in [0, 0.05) is 28.9 Å². The van der Waals surface area contributed by atoms with Gasteiger partial charge in [0.25, 0.3) is 0 Å². The lowest BCUT2D eigenvalue weighted by Gasteiger charge is -2.31. The average molecular weight is 556 g/mol. The Morgan fingerprint density at radius 1 is 1.20 bits per heavy atom. The molecule has 40 heavy (non-hydrogen) atoms. The Bertz CT molecular complexity index is 1510. The van der Waals surface area contributed by atoms with Crippen LogP contribution in [0.5, 0.6) is 0 Å². The zero-order valence-corrected chi connectivity index (χ0v) is 22.5. The van der Waals surface area contributed by atoms with Gasteiger partial charge in [-0.2, -0.15) is 13.2 Å². The van der Waals surface area contributed by atoms with E-state index >= 15 is 0 Å². The summed E-state index contributed by atoms with van der Waals surface area (Å²) in [6, 6.07) is 4.66. The zero-order valence-electron chi connectivity index (χ0n) is 22.5. The van der Waals surface area contributed by atoms with Crippen LogP contribution in [-0.4, -0.2) is 43.4 Å². The van der Waals surface area contributed by atoms with Crippen LogP contribution in [0.4, 0.5) is 19.0 Å². The lowest BCUT2D eigenvalue weighted by molar-refractivity contribution is -0.151. The summed E-state index contributed by atoms with van der Waals surface area (Å²) in [5.74, 6) is -0.704. The quantitative estimate of drug-likeness (QED) is 0.252. The number of fused-ring (bicyclic) bond motifs is 1. The molecule has 1 aliphatic carbocycles. The summed E-state index contributed by atoms with van der Waals surface area (Å²) in [7, 11) is 0. The highest BCUT2D eigenvalue weighted by atomic mass is 19.4. The smallest absolute Gasteiger partial charge is 0.416 e. The number of nitrogen functional groups attached to an aromatic ring is 1. The first-order valence-corrected chi connectivity index (χ1v) is 12.8. The van der Waals surface area contributed by atoms with Gasteiger partial charge < -0.3 is 16.6 Å². The molecule has 1 fully saturated rings. The van der Waals surface area contributed by atoms with Crippen LogP contribution in [0.2, 0.25) is 0 Å². The van der Waals surface area contributed by atoms with Crippen molar-refractivity contribution in [3.8, 4) is 11.3 Å². The summed E-state index contributed by atoms with van der Waals surface area (Å²) in [5.41, 5.74) is 11.3. The number of anilines is 1. The van der Waals surface area contributed by atoms with E-state index in [1.54, 1.807) is 24.5 Å². The Morgan fingerprint density at radius 3 is 2.38 bits per heavy atom. The fraction of sp³-hybridized carbons (Fsp3) is 0.379. The van der Waals surface area contributed by atoms with E-state index in [1.807, 2.05) is 25.2 Å². The molecule has 0 bridgehead atoms. The Kier molecular flexibility index (Phi) is 7.40. The third kappa shape index (κ3) is 4.90. The molecule has 1 aliphatic rings. The summed E-state index contributed by atoms with van der Waals surface area (Å²) in [6.45, 7) is 8.98. The number of carboxylic acid groups (broad SMARTS) is 1. The van der Waals surface area contributed by atoms with Crippen LogP contribution in [0.3, 0.4) is 0 Å². The van der Waals surface area contributed by atoms with Crippen LogP contribution >= 0.6 is 0 Å². The van der Waals surface area contributed by atoms with Crippen molar-refractivity contribution < 1.29 is 27.9 Å². The number of carbonyl (C=O) groups excluding carboxylic acids is 1. The predicted octanol–water partition coefficient (Wildman–Crippen LogP) is 5.33. The first-order chi connectivity index (χ1) is 18.6. The number of Topliss-reactive ketones (excluding diaryl/α,β-unsaturated/α-hetero) is 1. The van der Waals surface area contributed by atoms with E-state index < -0.39 is 40.4 Å². The Morgan fingerprint density at radius 2 is 1.85 bits per heavy atom. The van der Waals surface area contributed by atoms with Gasteiger partial charge in [-0.15, -0.1) is 0 Å². The molecule has 5 N–H and O–H groups in total. The molecule has 0 spiro atoms. The van der Waals surface area contributed by atoms with Gasteiger partial charge in [0.15, 0.2) is 5.78 Å². The number of benzene rings is 1. The van der Waals surface area contributed by atoms with Crippen molar-refractivity contribution in [3.05, 3.63) is 72.4 Å². The van der Waals surface area contributed by atoms with Crippen LogP contribution in [-0.2, 0) is 10.2 Å². The molecule has 11 heteroatoms. The standard InChI is InChI=1S/C29H32F3N5O3/c1-5-19(29(30,31)32)14-20(33)23(38)18-8-6-17(7-9-18)21-22-24(34)35-12-13-37(22)25(36-21)27(4)10-11-28(15-27,16(2)3)26(39)40/h5-9,12-14,16,20H,1,10-11,15,33H2,2-4H3,(H2,34,35)(H,39,40)/b19-14+. The summed E-state index contributed by atoms with van der Waals surface area (Å²) in [5, 5.41) is 10.1. The number of allylic oxidation sites excluding steroid dienone is 2. The van der Waals surface area contributed by atoms with Crippen LogP contribution < -0.4 is 11.5 Å². The fourth-order valence-corrected chi connectivity index (χ4v) is 5.71. The number of ketones is 1. The number of rotatable bonds is 8. The monoisotopic (exact) mass is 555 g/mol. The third-order valence-electron chi connectivity index (χ3n) is 8.13.